The van der Waals surface area contributed by atoms with Crippen molar-refractivity contribution in [3.8, 4) is 0 Å². The molecular weight excluding hydrogens is 140 g/mol. The van der Waals surface area contributed by atoms with E-state index in [-0.39, 0.29) is 5.54 Å². The molecule has 0 saturated carbocycles. The first-order valence-electron chi connectivity index (χ1n) is 3.88. The summed E-state index contributed by atoms with van der Waals surface area (Å²) in [7, 11) is 0. The van der Waals surface area contributed by atoms with E-state index in [0.29, 0.717) is 0 Å². The van der Waals surface area contributed by atoms with E-state index >= 15 is 0 Å². The Morgan fingerprint density at radius 3 is 2.55 bits per heavy atom. The lowest BCUT2D eigenvalue weighted by Gasteiger charge is -2.23. The highest BCUT2D eigenvalue weighted by Crippen LogP contribution is 2.22. The fourth-order valence-electron chi connectivity index (χ4n) is 1.06. The van der Waals surface area contributed by atoms with Crippen molar-refractivity contribution >= 4 is 0 Å². The van der Waals surface area contributed by atoms with Gasteiger partial charge in [0, 0.05) is 6.20 Å². The van der Waals surface area contributed by atoms with Crippen molar-refractivity contribution in [1.82, 2.24) is 15.4 Å². The third-order valence-electron chi connectivity index (χ3n) is 2.19. The van der Waals surface area contributed by atoms with Crippen LogP contribution in [0.15, 0.2) is 6.20 Å². The molecule has 1 heterocycles. The highest BCUT2D eigenvalue weighted by molar-refractivity contribution is 5.07. The minimum atomic E-state index is -0.299. The molecule has 1 rings (SSSR count). The summed E-state index contributed by atoms with van der Waals surface area (Å²) in [6.45, 7) is 4.11. The molecule has 0 fully saturated rings. The topological polar surface area (TPSA) is 67.6 Å². The monoisotopic (exact) mass is 154 g/mol. The van der Waals surface area contributed by atoms with Gasteiger partial charge in [-0.2, -0.15) is 0 Å². The zero-order chi connectivity index (χ0) is 8.32. The Morgan fingerprint density at radius 1 is 1.55 bits per heavy atom. The summed E-state index contributed by atoms with van der Waals surface area (Å²) in [5.74, 6) is 0. The molecule has 0 spiro atoms. The molecule has 4 nitrogen and oxygen atoms in total. The molecule has 0 saturated heterocycles. The Morgan fingerprint density at radius 2 is 2.18 bits per heavy atom. The van der Waals surface area contributed by atoms with Crippen LogP contribution >= 0.6 is 0 Å². The zero-order valence-corrected chi connectivity index (χ0v) is 6.96. The number of aromatic amines is 1. The maximum Gasteiger partial charge on any atom is 0.102 e. The van der Waals surface area contributed by atoms with Gasteiger partial charge in [0.05, 0.1) is 5.54 Å². The number of nitrogens with zero attached hydrogens (tertiary/aromatic N) is 2. The Kier molecular flexibility index (Phi) is 2.24. The van der Waals surface area contributed by atoms with Gasteiger partial charge in [-0.05, 0) is 12.8 Å². The number of rotatable bonds is 3. The molecule has 0 amide bonds. The van der Waals surface area contributed by atoms with Crippen molar-refractivity contribution in [2.45, 2.75) is 32.2 Å². The number of nitrogens with two attached hydrogens (primary N) is 1. The van der Waals surface area contributed by atoms with E-state index in [1.165, 1.54) is 0 Å². The third-order valence-corrected chi connectivity index (χ3v) is 2.19. The molecule has 1 aromatic heterocycles. The van der Waals surface area contributed by atoms with E-state index in [4.69, 9.17) is 5.73 Å². The van der Waals surface area contributed by atoms with Crippen molar-refractivity contribution in [1.29, 1.82) is 0 Å². The Hall–Kier alpha value is -0.900. The summed E-state index contributed by atoms with van der Waals surface area (Å²) in [6.07, 6.45) is 3.53. The van der Waals surface area contributed by atoms with Gasteiger partial charge in [0.1, 0.15) is 5.69 Å². The van der Waals surface area contributed by atoms with Crippen molar-refractivity contribution in [3.05, 3.63) is 11.9 Å². The zero-order valence-electron chi connectivity index (χ0n) is 6.96. The quantitative estimate of drug-likeness (QED) is 0.676. The Bertz CT molecular complexity index is 200. The van der Waals surface area contributed by atoms with E-state index in [2.05, 4.69) is 29.3 Å². The van der Waals surface area contributed by atoms with E-state index in [9.17, 15) is 0 Å². The van der Waals surface area contributed by atoms with Crippen molar-refractivity contribution in [2.75, 3.05) is 0 Å². The van der Waals surface area contributed by atoms with E-state index < -0.39 is 0 Å². The predicted molar refractivity (Wildman–Crippen MR) is 42.8 cm³/mol. The molecule has 0 aliphatic carbocycles. The minimum absolute atomic E-state index is 0.299. The number of nitrogens with one attached hydrogen (secondary N) is 1. The summed E-state index contributed by atoms with van der Waals surface area (Å²) in [6, 6.07) is 0. The molecule has 0 bridgehead atoms. The standard InChI is InChI=1S/C7H14N4/c1-3-7(8,4-2)6-5-9-11-10-6/h5H,3-4,8H2,1-2H3,(H,9,10,11). The van der Waals surface area contributed by atoms with Crippen LogP contribution in [0, 0.1) is 0 Å². The second-order valence-electron chi connectivity index (χ2n) is 2.72. The van der Waals surface area contributed by atoms with E-state index in [1.807, 2.05) is 0 Å². The lowest BCUT2D eigenvalue weighted by molar-refractivity contribution is 0.400. The first-order chi connectivity index (χ1) is 5.23. The van der Waals surface area contributed by atoms with Gasteiger partial charge in [-0.25, -0.2) is 0 Å². The minimum Gasteiger partial charge on any atom is -0.320 e. The summed E-state index contributed by atoms with van der Waals surface area (Å²) in [4.78, 5) is 0. The predicted octanol–water partition coefficient (Wildman–Crippen LogP) is 0.779. The van der Waals surface area contributed by atoms with Crippen LogP contribution in [-0.2, 0) is 5.54 Å². The first kappa shape index (κ1) is 8.20. The number of H-pyrrole nitrogens is 1. The maximum atomic E-state index is 6.04. The SMILES string of the molecule is CCC(N)(CC)c1c[nH]nn1. The molecule has 62 valence electrons. The van der Waals surface area contributed by atoms with Crippen LogP contribution in [-0.4, -0.2) is 15.4 Å². The van der Waals surface area contributed by atoms with Gasteiger partial charge in [0.25, 0.3) is 0 Å². The molecule has 11 heavy (non-hydrogen) atoms. The maximum absolute atomic E-state index is 6.04. The van der Waals surface area contributed by atoms with Crippen LogP contribution in [0.4, 0.5) is 0 Å². The average molecular weight is 154 g/mol. The van der Waals surface area contributed by atoms with E-state index in [1.54, 1.807) is 6.20 Å². The van der Waals surface area contributed by atoms with Gasteiger partial charge in [0.2, 0.25) is 0 Å². The Labute approximate surface area is 66.2 Å². The van der Waals surface area contributed by atoms with Crippen LogP contribution in [0.3, 0.4) is 0 Å². The van der Waals surface area contributed by atoms with Gasteiger partial charge < -0.3 is 5.73 Å². The van der Waals surface area contributed by atoms with Gasteiger partial charge in [-0.15, -0.1) is 5.10 Å². The smallest absolute Gasteiger partial charge is 0.102 e. The summed E-state index contributed by atoms with van der Waals surface area (Å²) in [5.41, 5.74) is 6.59. The largest absolute Gasteiger partial charge is 0.320 e. The van der Waals surface area contributed by atoms with Crippen LogP contribution in [0.25, 0.3) is 0 Å². The van der Waals surface area contributed by atoms with Crippen molar-refractivity contribution in [2.24, 2.45) is 5.73 Å². The molecule has 4 heteroatoms. The summed E-state index contributed by atoms with van der Waals surface area (Å²) < 4.78 is 0. The number of hydrogen-bond acceptors (Lipinski definition) is 3. The molecule has 0 aliphatic rings. The van der Waals surface area contributed by atoms with E-state index in [0.717, 1.165) is 18.5 Å². The molecule has 0 aliphatic heterocycles. The Balaban J connectivity index is 2.87. The highest BCUT2D eigenvalue weighted by Gasteiger charge is 2.25. The fraction of sp³-hybridized carbons (Fsp3) is 0.714. The molecule has 0 radical (unpaired) electrons. The van der Waals surface area contributed by atoms with Crippen LogP contribution in [0.1, 0.15) is 32.4 Å². The molecular formula is C7H14N4. The van der Waals surface area contributed by atoms with Gasteiger partial charge in [0.15, 0.2) is 0 Å². The lowest BCUT2D eigenvalue weighted by Crippen LogP contribution is -2.35. The average Bonchev–Trinajstić information content (AvgIpc) is 2.55. The van der Waals surface area contributed by atoms with Crippen LogP contribution in [0.2, 0.25) is 0 Å². The molecule has 0 atom stereocenters. The first-order valence-corrected chi connectivity index (χ1v) is 3.88. The van der Waals surface area contributed by atoms with Crippen LogP contribution < -0.4 is 5.73 Å². The highest BCUT2D eigenvalue weighted by atomic mass is 15.3. The summed E-state index contributed by atoms with van der Waals surface area (Å²) in [5, 5.41) is 10.2. The van der Waals surface area contributed by atoms with Crippen molar-refractivity contribution in [3.63, 3.8) is 0 Å². The van der Waals surface area contributed by atoms with Gasteiger partial charge in [-0.1, -0.05) is 19.1 Å². The van der Waals surface area contributed by atoms with Crippen LogP contribution in [0.5, 0.6) is 0 Å². The fourth-order valence-corrected chi connectivity index (χ4v) is 1.06. The third kappa shape index (κ3) is 1.40. The normalized spacial score (nSPS) is 11.9. The van der Waals surface area contributed by atoms with Gasteiger partial charge >= 0.3 is 0 Å². The summed E-state index contributed by atoms with van der Waals surface area (Å²) >= 11 is 0. The van der Waals surface area contributed by atoms with Crippen molar-refractivity contribution < 1.29 is 0 Å². The lowest BCUT2D eigenvalue weighted by atomic mass is 9.91. The second kappa shape index (κ2) is 3.00. The number of aromatic nitrogens is 3. The number of hydrogen-bond donors (Lipinski definition) is 2. The molecule has 3 N–H and O–H groups in total. The molecule has 0 unspecified atom stereocenters. The molecule has 0 aromatic carbocycles. The molecule has 1 aromatic rings. The second-order valence-corrected chi connectivity index (χ2v) is 2.72. The van der Waals surface area contributed by atoms with Gasteiger partial charge in [-0.3, -0.25) is 5.10 Å².